The fraction of sp³-hybridized carbons (Fsp3) is 0.190. The first kappa shape index (κ1) is 20.2. The first-order valence-electron chi connectivity index (χ1n) is 9.09. The Kier molecular flexibility index (Phi) is 5.63. The largest absolute Gasteiger partial charge is 0.420 e. The number of thioether (sulfide) groups is 1. The molecule has 0 radical (unpaired) electrons. The summed E-state index contributed by atoms with van der Waals surface area (Å²) in [6, 6.07) is 16.5. The molecule has 0 fully saturated rings. The molecule has 2 aromatic heterocycles. The molecule has 4 rings (SSSR count). The molecule has 2 heterocycles. The van der Waals surface area contributed by atoms with Crippen LogP contribution < -0.4 is 0 Å². The maximum atomic E-state index is 13.2. The van der Waals surface area contributed by atoms with E-state index in [-0.39, 0.29) is 10.9 Å². The maximum Gasteiger partial charge on any atom is 0.406 e. The van der Waals surface area contributed by atoms with Crippen LogP contribution in [-0.2, 0) is 12.3 Å². The van der Waals surface area contributed by atoms with Crippen molar-refractivity contribution in [1.29, 1.82) is 0 Å². The number of aryl methyl sites for hydroxylation is 1. The van der Waals surface area contributed by atoms with Gasteiger partial charge in [0.05, 0.1) is 17.6 Å². The van der Waals surface area contributed by atoms with Crippen molar-refractivity contribution in [2.45, 2.75) is 30.6 Å². The molecule has 0 N–H and O–H groups in total. The number of imidazole rings is 1. The van der Waals surface area contributed by atoms with E-state index in [9.17, 15) is 13.2 Å². The van der Waals surface area contributed by atoms with Crippen molar-refractivity contribution in [1.82, 2.24) is 19.7 Å². The van der Waals surface area contributed by atoms with Crippen LogP contribution in [0.2, 0.25) is 0 Å². The van der Waals surface area contributed by atoms with Crippen LogP contribution in [0.3, 0.4) is 0 Å². The lowest BCUT2D eigenvalue weighted by Gasteiger charge is -2.13. The Balaban J connectivity index is 1.55. The van der Waals surface area contributed by atoms with Gasteiger partial charge in [-0.05, 0) is 24.6 Å². The topological polar surface area (TPSA) is 56.7 Å². The van der Waals surface area contributed by atoms with E-state index in [0.29, 0.717) is 23.0 Å². The average molecular weight is 430 g/mol. The standard InChI is InChI=1S/C21H17F3N4OS/c1-14-7-9-16(10-8-14)19-27-26-18(29-19)12-30-20-25-11-17(15-5-3-2-4-6-15)28(20)13-21(22,23)24/h2-11H,12-13H2,1H3. The molecular weight excluding hydrogens is 413 g/mol. The fourth-order valence-electron chi connectivity index (χ4n) is 2.90. The molecule has 2 aromatic carbocycles. The van der Waals surface area contributed by atoms with Gasteiger partial charge in [-0.2, -0.15) is 13.2 Å². The van der Waals surface area contributed by atoms with Crippen LogP contribution in [0.15, 0.2) is 70.4 Å². The monoisotopic (exact) mass is 430 g/mol. The summed E-state index contributed by atoms with van der Waals surface area (Å²) in [7, 11) is 0. The third kappa shape index (κ3) is 4.73. The van der Waals surface area contributed by atoms with Crippen molar-refractivity contribution in [3.05, 3.63) is 72.2 Å². The highest BCUT2D eigenvalue weighted by molar-refractivity contribution is 7.98. The van der Waals surface area contributed by atoms with Crippen molar-refractivity contribution in [2.24, 2.45) is 0 Å². The lowest BCUT2D eigenvalue weighted by molar-refractivity contribution is -0.141. The van der Waals surface area contributed by atoms with Gasteiger partial charge in [-0.15, -0.1) is 10.2 Å². The number of benzene rings is 2. The summed E-state index contributed by atoms with van der Waals surface area (Å²) in [4.78, 5) is 4.20. The van der Waals surface area contributed by atoms with Crippen LogP contribution in [0.4, 0.5) is 13.2 Å². The minimum absolute atomic E-state index is 0.210. The lowest BCUT2D eigenvalue weighted by atomic mass is 10.1. The minimum atomic E-state index is -4.37. The Morgan fingerprint density at radius 1 is 0.967 bits per heavy atom. The number of halogens is 3. The van der Waals surface area contributed by atoms with Crippen molar-refractivity contribution in [2.75, 3.05) is 0 Å². The van der Waals surface area contributed by atoms with E-state index < -0.39 is 12.7 Å². The van der Waals surface area contributed by atoms with Gasteiger partial charge in [0, 0.05) is 5.56 Å². The molecule has 154 valence electrons. The number of rotatable bonds is 6. The first-order valence-corrected chi connectivity index (χ1v) is 10.1. The third-order valence-corrected chi connectivity index (χ3v) is 5.29. The zero-order chi connectivity index (χ0) is 21.1. The van der Waals surface area contributed by atoms with E-state index in [0.717, 1.165) is 27.5 Å². The second kappa shape index (κ2) is 8.35. The van der Waals surface area contributed by atoms with Crippen LogP contribution in [0, 0.1) is 6.92 Å². The van der Waals surface area contributed by atoms with E-state index in [1.807, 2.05) is 37.3 Å². The Morgan fingerprint density at radius 2 is 1.70 bits per heavy atom. The van der Waals surface area contributed by atoms with Crippen molar-refractivity contribution in [3.8, 4) is 22.7 Å². The van der Waals surface area contributed by atoms with Gasteiger partial charge in [0.2, 0.25) is 11.8 Å². The smallest absolute Gasteiger partial charge is 0.406 e. The Morgan fingerprint density at radius 3 is 2.40 bits per heavy atom. The molecule has 0 aliphatic heterocycles. The van der Waals surface area contributed by atoms with Crippen LogP contribution in [0.5, 0.6) is 0 Å². The van der Waals surface area contributed by atoms with Gasteiger partial charge < -0.3 is 8.98 Å². The van der Waals surface area contributed by atoms with Gasteiger partial charge in [0.15, 0.2) is 5.16 Å². The van der Waals surface area contributed by atoms with Crippen LogP contribution in [0.25, 0.3) is 22.7 Å². The van der Waals surface area contributed by atoms with E-state index >= 15 is 0 Å². The second-order valence-corrected chi connectivity index (χ2v) is 7.59. The zero-order valence-corrected chi connectivity index (χ0v) is 16.7. The van der Waals surface area contributed by atoms with Crippen LogP contribution in [0.1, 0.15) is 11.5 Å². The Hall–Kier alpha value is -3.07. The molecule has 4 aromatic rings. The highest BCUT2D eigenvalue weighted by atomic mass is 32.2. The zero-order valence-electron chi connectivity index (χ0n) is 15.9. The summed E-state index contributed by atoms with van der Waals surface area (Å²) in [6.07, 6.45) is -2.92. The molecular formula is C21H17F3N4OS. The van der Waals surface area contributed by atoms with Gasteiger partial charge in [-0.3, -0.25) is 0 Å². The molecule has 0 amide bonds. The molecule has 0 unspecified atom stereocenters. The molecule has 0 spiro atoms. The Labute approximate surface area is 175 Å². The number of alkyl halides is 3. The second-order valence-electron chi connectivity index (χ2n) is 6.65. The van der Waals surface area contributed by atoms with Crippen molar-refractivity contribution >= 4 is 11.8 Å². The lowest BCUT2D eigenvalue weighted by Crippen LogP contribution is -2.19. The number of hydrogen-bond acceptors (Lipinski definition) is 5. The highest BCUT2D eigenvalue weighted by Gasteiger charge is 2.31. The number of nitrogens with zero attached hydrogens (tertiary/aromatic N) is 4. The van der Waals surface area contributed by atoms with Gasteiger partial charge in [0.25, 0.3) is 0 Å². The molecule has 9 heteroatoms. The molecule has 0 aliphatic carbocycles. The van der Waals surface area contributed by atoms with Crippen LogP contribution >= 0.6 is 11.8 Å². The number of aromatic nitrogens is 4. The van der Waals surface area contributed by atoms with Crippen molar-refractivity contribution < 1.29 is 17.6 Å². The normalized spacial score (nSPS) is 11.7. The average Bonchev–Trinajstić information content (AvgIpc) is 3.34. The molecule has 0 aliphatic rings. The third-order valence-electron chi connectivity index (χ3n) is 4.32. The van der Waals surface area contributed by atoms with Gasteiger partial charge in [-0.25, -0.2) is 4.98 Å². The number of hydrogen-bond donors (Lipinski definition) is 0. The van der Waals surface area contributed by atoms with Gasteiger partial charge in [0.1, 0.15) is 6.54 Å². The summed E-state index contributed by atoms with van der Waals surface area (Å²) in [5, 5.41) is 8.27. The molecule has 0 saturated carbocycles. The quantitative estimate of drug-likeness (QED) is 0.364. The van der Waals surface area contributed by atoms with E-state index in [2.05, 4.69) is 15.2 Å². The summed E-state index contributed by atoms with van der Waals surface area (Å²) >= 11 is 1.12. The van der Waals surface area contributed by atoms with Crippen LogP contribution in [-0.4, -0.2) is 25.9 Å². The molecule has 0 bridgehead atoms. The van der Waals surface area contributed by atoms with Gasteiger partial charge >= 0.3 is 6.18 Å². The van der Waals surface area contributed by atoms with Gasteiger partial charge in [-0.1, -0.05) is 59.8 Å². The van der Waals surface area contributed by atoms with E-state index in [1.165, 1.54) is 6.20 Å². The summed E-state index contributed by atoms with van der Waals surface area (Å²) in [6.45, 7) is 0.852. The van der Waals surface area contributed by atoms with E-state index in [4.69, 9.17) is 4.42 Å². The highest BCUT2D eigenvalue weighted by Crippen LogP contribution is 2.31. The summed E-state index contributed by atoms with van der Waals surface area (Å²) in [5.74, 6) is 0.898. The Bertz CT molecular complexity index is 1120. The predicted molar refractivity (Wildman–Crippen MR) is 108 cm³/mol. The fourth-order valence-corrected chi connectivity index (χ4v) is 3.71. The van der Waals surface area contributed by atoms with Crippen molar-refractivity contribution in [3.63, 3.8) is 0 Å². The molecule has 5 nitrogen and oxygen atoms in total. The molecule has 30 heavy (non-hydrogen) atoms. The summed E-state index contributed by atoms with van der Waals surface area (Å²) < 4.78 is 46.4. The molecule has 0 atom stereocenters. The molecule has 0 saturated heterocycles. The SMILES string of the molecule is Cc1ccc(-c2nnc(CSc3ncc(-c4ccccc4)n3CC(F)(F)F)o2)cc1. The predicted octanol–water partition coefficient (Wildman–Crippen LogP) is 5.76. The minimum Gasteiger partial charge on any atom is -0.420 e. The summed E-state index contributed by atoms with van der Waals surface area (Å²) in [5.41, 5.74) is 2.97. The maximum absolute atomic E-state index is 13.2. The van der Waals surface area contributed by atoms with E-state index in [1.54, 1.807) is 24.3 Å². The first-order chi connectivity index (χ1) is 14.4.